The molecule has 1 aromatic carbocycles. The van der Waals surface area contributed by atoms with Gasteiger partial charge in [0.1, 0.15) is 11.9 Å². The Hall–Kier alpha value is -3.37. The van der Waals surface area contributed by atoms with E-state index in [4.69, 9.17) is 16.9 Å². The van der Waals surface area contributed by atoms with Gasteiger partial charge in [-0.25, -0.2) is 4.98 Å². The number of halogens is 1. The van der Waals surface area contributed by atoms with Gasteiger partial charge in [-0.05, 0) is 55.5 Å². The maximum atomic E-state index is 12.6. The monoisotopic (exact) mass is 448 g/mol. The van der Waals surface area contributed by atoms with Gasteiger partial charge >= 0.3 is 0 Å². The van der Waals surface area contributed by atoms with Gasteiger partial charge in [-0.3, -0.25) is 9.48 Å². The van der Waals surface area contributed by atoms with Gasteiger partial charge in [-0.2, -0.15) is 10.4 Å². The van der Waals surface area contributed by atoms with E-state index in [0.717, 1.165) is 48.3 Å². The fourth-order valence-corrected chi connectivity index (χ4v) is 4.58. The van der Waals surface area contributed by atoms with Gasteiger partial charge in [-0.15, -0.1) is 0 Å². The van der Waals surface area contributed by atoms with Crippen LogP contribution in [0.15, 0.2) is 48.9 Å². The first-order valence-electron chi connectivity index (χ1n) is 10.7. The molecule has 0 saturated heterocycles. The van der Waals surface area contributed by atoms with Crippen LogP contribution >= 0.6 is 11.6 Å². The normalized spacial score (nSPS) is 18.1. The number of benzene rings is 1. The highest BCUT2D eigenvalue weighted by molar-refractivity contribution is 6.34. The third kappa shape index (κ3) is 4.76. The number of carbonyl (C=O) groups excluding carboxylic acids is 1. The van der Waals surface area contributed by atoms with E-state index in [-0.39, 0.29) is 18.0 Å². The molecule has 0 radical (unpaired) electrons. The zero-order chi connectivity index (χ0) is 22.7. The Morgan fingerprint density at radius 3 is 2.53 bits per heavy atom. The van der Waals surface area contributed by atoms with Gasteiger partial charge in [0, 0.05) is 44.0 Å². The van der Waals surface area contributed by atoms with Crippen molar-refractivity contribution in [2.24, 2.45) is 7.05 Å². The summed E-state index contributed by atoms with van der Waals surface area (Å²) in [6, 6.07) is 11.9. The average Bonchev–Trinajstić information content (AvgIpc) is 3.23. The third-order valence-corrected chi connectivity index (χ3v) is 6.19. The summed E-state index contributed by atoms with van der Waals surface area (Å²) in [7, 11) is 1.87. The van der Waals surface area contributed by atoms with Crippen molar-refractivity contribution in [2.45, 2.75) is 44.7 Å². The fraction of sp³-hybridized carbons (Fsp3) is 0.333. The summed E-state index contributed by atoms with van der Waals surface area (Å²) in [6.45, 7) is 1.59. The van der Waals surface area contributed by atoms with Crippen LogP contribution in [0.3, 0.4) is 0 Å². The van der Waals surface area contributed by atoms with Gasteiger partial charge in [0.15, 0.2) is 0 Å². The van der Waals surface area contributed by atoms with Crippen molar-refractivity contribution in [1.82, 2.24) is 14.8 Å². The van der Waals surface area contributed by atoms with E-state index in [2.05, 4.69) is 21.5 Å². The number of carbonyl (C=O) groups is 1. The highest BCUT2D eigenvalue weighted by atomic mass is 35.5. The van der Waals surface area contributed by atoms with Gasteiger partial charge < -0.3 is 10.2 Å². The lowest BCUT2D eigenvalue weighted by molar-refractivity contribution is -0.117. The molecule has 1 amide bonds. The fourth-order valence-electron chi connectivity index (χ4n) is 4.31. The molecule has 1 aliphatic carbocycles. The number of amides is 1. The first-order valence-corrected chi connectivity index (χ1v) is 11.0. The maximum Gasteiger partial charge on any atom is 0.224 e. The van der Waals surface area contributed by atoms with Crippen LogP contribution in [0.5, 0.6) is 0 Å². The molecule has 2 aromatic heterocycles. The molecule has 0 spiro atoms. The highest BCUT2D eigenvalue weighted by Gasteiger charge is 2.29. The largest absolute Gasteiger partial charge is 0.367 e. The molecule has 2 heterocycles. The molecule has 1 N–H and O–H groups in total. The minimum Gasteiger partial charge on any atom is -0.367 e. The Kier molecular flexibility index (Phi) is 6.42. The molecule has 8 heteroatoms. The Morgan fingerprint density at radius 2 is 1.97 bits per heavy atom. The number of hydrogen-bond acceptors (Lipinski definition) is 5. The molecule has 3 aromatic rings. The highest BCUT2D eigenvalue weighted by Crippen LogP contribution is 2.35. The molecule has 32 heavy (non-hydrogen) atoms. The van der Waals surface area contributed by atoms with Crippen LogP contribution < -0.4 is 10.2 Å². The van der Waals surface area contributed by atoms with E-state index in [1.165, 1.54) is 0 Å². The third-order valence-electron chi connectivity index (χ3n) is 5.89. The van der Waals surface area contributed by atoms with Crippen molar-refractivity contribution >= 4 is 29.0 Å². The number of nitrogens with one attached hydrogen (secondary N) is 1. The summed E-state index contributed by atoms with van der Waals surface area (Å²) < 4.78 is 1.75. The predicted molar refractivity (Wildman–Crippen MR) is 125 cm³/mol. The summed E-state index contributed by atoms with van der Waals surface area (Å²) in [5, 5.41) is 17.1. The summed E-state index contributed by atoms with van der Waals surface area (Å²) in [5.41, 5.74) is 3.25. The van der Waals surface area contributed by atoms with Crippen LogP contribution in [0.2, 0.25) is 5.02 Å². The molecule has 1 saturated carbocycles. The first-order chi connectivity index (χ1) is 15.4. The number of aromatic nitrogens is 3. The Labute approximate surface area is 192 Å². The van der Waals surface area contributed by atoms with E-state index in [9.17, 15) is 4.79 Å². The van der Waals surface area contributed by atoms with Crippen LogP contribution in [-0.4, -0.2) is 32.8 Å². The maximum absolute atomic E-state index is 12.6. The first kappa shape index (κ1) is 21.8. The quantitative estimate of drug-likeness (QED) is 0.606. The van der Waals surface area contributed by atoms with Crippen molar-refractivity contribution in [1.29, 1.82) is 5.26 Å². The summed E-state index contributed by atoms with van der Waals surface area (Å²) in [5.74, 6) is 0.760. The molecule has 7 nitrogen and oxygen atoms in total. The lowest BCUT2D eigenvalue weighted by Gasteiger charge is -2.37. The van der Waals surface area contributed by atoms with E-state index in [1.54, 1.807) is 30.1 Å². The molecular weight excluding hydrogens is 424 g/mol. The second-order valence-electron chi connectivity index (χ2n) is 8.15. The van der Waals surface area contributed by atoms with Crippen molar-refractivity contribution in [2.75, 3.05) is 10.2 Å². The van der Waals surface area contributed by atoms with E-state index >= 15 is 0 Å². The van der Waals surface area contributed by atoms with Crippen LogP contribution in [0, 0.1) is 11.3 Å². The smallest absolute Gasteiger partial charge is 0.224 e. The van der Waals surface area contributed by atoms with Gasteiger partial charge in [0.2, 0.25) is 5.91 Å². The number of nitriles is 1. The number of hydrogen-bond donors (Lipinski definition) is 1. The average molecular weight is 449 g/mol. The SMILES string of the molecule is CC(=O)N(c1ccc(-c2cnn(C)c2)cc1Cl)[C@H]1CC[C@H](Nc2ccc(C#N)cn2)CC1. The number of rotatable bonds is 5. The molecule has 0 aliphatic heterocycles. The zero-order valence-electron chi connectivity index (χ0n) is 18.1. The minimum atomic E-state index is -0.00815. The second-order valence-corrected chi connectivity index (χ2v) is 8.56. The molecule has 1 fully saturated rings. The van der Waals surface area contributed by atoms with E-state index in [0.29, 0.717) is 10.6 Å². The Morgan fingerprint density at radius 1 is 1.19 bits per heavy atom. The van der Waals surface area contributed by atoms with Crippen molar-refractivity contribution in [3.63, 3.8) is 0 Å². The lowest BCUT2D eigenvalue weighted by Crippen LogP contribution is -2.43. The number of nitrogens with zero attached hydrogens (tertiary/aromatic N) is 5. The molecule has 164 valence electrons. The topological polar surface area (TPSA) is 86.8 Å². The molecule has 4 rings (SSSR count). The van der Waals surface area contributed by atoms with Crippen LogP contribution in [0.25, 0.3) is 11.1 Å². The summed E-state index contributed by atoms with van der Waals surface area (Å²) >= 11 is 6.64. The van der Waals surface area contributed by atoms with Crippen molar-refractivity contribution in [3.05, 3.63) is 59.5 Å². The van der Waals surface area contributed by atoms with Crippen molar-refractivity contribution < 1.29 is 4.79 Å². The number of anilines is 2. The number of aryl methyl sites for hydroxylation is 1. The minimum absolute atomic E-state index is 0.00815. The Bertz CT molecular complexity index is 1140. The van der Waals surface area contributed by atoms with Gasteiger partial charge in [0.05, 0.1) is 22.5 Å². The van der Waals surface area contributed by atoms with Crippen molar-refractivity contribution in [3.8, 4) is 17.2 Å². The van der Waals surface area contributed by atoms with Crippen LogP contribution in [0.4, 0.5) is 11.5 Å². The molecule has 0 unspecified atom stereocenters. The van der Waals surface area contributed by atoms with Crippen LogP contribution in [-0.2, 0) is 11.8 Å². The molecular formula is C24H25ClN6O. The van der Waals surface area contributed by atoms with Crippen LogP contribution in [0.1, 0.15) is 38.2 Å². The molecule has 0 atom stereocenters. The molecule has 1 aliphatic rings. The lowest BCUT2D eigenvalue weighted by atomic mass is 9.89. The van der Waals surface area contributed by atoms with E-state index in [1.807, 2.05) is 42.4 Å². The second kappa shape index (κ2) is 9.41. The summed E-state index contributed by atoms with van der Waals surface area (Å²) in [6.07, 6.45) is 8.88. The van der Waals surface area contributed by atoms with E-state index < -0.39 is 0 Å². The standard InChI is InChI=1S/C24H25ClN6O/c1-16(32)31(23-9-4-18(11-22(23)25)19-14-28-30(2)15-19)21-7-5-20(6-8-21)29-24-10-3-17(12-26)13-27-24/h3-4,9-11,13-15,20-21H,5-8H2,1-2H3,(H,27,29)/t20-,21-. The molecule has 0 bridgehead atoms. The summed E-state index contributed by atoms with van der Waals surface area (Å²) in [4.78, 5) is 18.7. The van der Waals surface area contributed by atoms with Gasteiger partial charge in [-0.1, -0.05) is 17.7 Å². The predicted octanol–water partition coefficient (Wildman–Crippen LogP) is 4.78. The Balaban J connectivity index is 1.44. The van der Waals surface area contributed by atoms with Gasteiger partial charge in [0.25, 0.3) is 0 Å². The zero-order valence-corrected chi connectivity index (χ0v) is 18.9. The number of pyridine rings is 1.